The van der Waals surface area contributed by atoms with Crippen LogP contribution in [-0.2, 0) is 16.1 Å². The van der Waals surface area contributed by atoms with E-state index in [9.17, 15) is 9.59 Å². The zero-order chi connectivity index (χ0) is 19.5. The highest BCUT2D eigenvalue weighted by Crippen LogP contribution is 2.55. The predicted molar refractivity (Wildman–Crippen MR) is 110 cm³/mol. The second-order valence-corrected chi connectivity index (χ2v) is 9.28. The van der Waals surface area contributed by atoms with Gasteiger partial charge in [-0.25, -0.2) is 0 Å². The molecule has 2 aromatic carbocycles. The third-order valence-corrected chi connectivity index (χ3v) is 7.08. The molecule has 2 aromatic rings. The third-order valence-electron chi connectivity index (χ3n) is 7.08. The van der Waals surface area contributed by atoms with Gasteiger partial charge in [-0.2, -0.15) is 0 Å². The molecule has 4 nitrogen and oxygen atoms in total. The SMILES string of the molecule is CC(C)CC(=O)N1[C@H]2CC[C@@]13CN(Cc1cccc4ccccc14)C(=O)[C@H]3C2. The molecule has 0 aliphatic carbocycles. The molecule has 146 valence electrons. The molecule has 4 heteroatoms. The second-order valence-electron chi connectivity index (χ2n) is 9.28. The smallest absolute Gasteiger partial charge is 0.228 e. The summed E-state index contributed by atoms with van der Waals surface area (Å²) in [4.78, 5) is 30.4. The number of amides is 2. The first kappa shape index (κ1) is 17.7. The van der Waals surface area contributed by atoms with Gasteiger partial charge >= 0.3 is 0 Å². The number of benzene rings is 2. The maximum Gasteiger partial charge on any atom is 0.228 e. The van der Waals surface area contributed by atoms with Crippen molar-refractivity contribution in [3.8, 4) is 0 Å². The molecule has 0 saturated carbocycles. The number of carbonyl (C=O) groups excluding carboxylic acids is 2. The molecule has 2 bridgehead atoms. The van der Waals surface area contributed by atoms with Gasteiger partial charge < -0.3 is 9.80 Å². The van der Waals surface area contributed by atoms with E-state index in [-0.39, 0.29) is 29.3 Å². The molecule has 5 rings (SSSR count). The number of hydrogen-bond donors (Lipinski definition) is 0. The fourth-order valence-corrected chi connectivity index (χ4v) is 5.98. The van der Waals surface area contributed by atoms with Gasteiger partial charge in [-0.1, -0.05) is 56.3 Å². The monoisotopic (exact) mass is 376 g/mol. The van der Waals surface area contributed by atoms with Gasteiger partial charge in [0.05, 0.1) is 11.5 Å². The Balaban J connectivity index is 1.44. The van der Waals surface area contributed by atoms with Crippen LogP contribution >= 0.6 is 0 Å². The van der Waals surface area contributed by atoms with Gasteiger partial charge in [-0.05, 0) is 41.5 Å². The Morgan fingerprint density at radius 2 is 1.96 bits per heavy atom. The van der Waals surface area contributed by atoms with Crippen molar-refractivity contribution in [1.29, 1.82) is 0 Å². The van der Waals surface area contributed by atoms with E-state index in [2.05, 4.69) is 55.1 Å². The van der Waals surface area contributed by atoms with E-state index in [0.29, 0.717) is 25.4 Å². The molecule has 3 heterocycles. The Hall–Kier alpha value is -2.36. The van der Waals surface area contributed by atoms with Crippen LogP contribution in [0.4, 0.5) is 0 Å². The van der Waals surface area contributed by atoms with Crippen LogP contribution in [0, 0.1) is 11.8 Å². The van der Waals surface area contributed by atoms with Crippen molar-refractivity contribution in [2.24, 2.45) is 11.8 Å². The topological polar surface area (TPSA) is 40.6 Å². The Kier molecular flexibility index (Phi) is 4.01. The predicted octanol–water partition coefficient (Wildman–Crippen LogP) is 3.98. The highest BCUT2D eigenvalue weighted by molar-refractivity contribution is 5.89. The second kappa shape index (κ2) is 6.33. The Labute approximate surface area is 166 Å². The van der Waals surface area contributed by atoms with E-state index in [1.807, 2.05) is 11.0 Å². The molecule has 3 fully saturated rings. The van der Waals surface area contributed by atoms with Gasteiger partial charge in [-0.15, -0.1) is 0 Å². The first-order chi connectivity index (χ1) is 13.5. The molecule has 2 amide bonds. The van der Waals surface area contributed by atoms with Crippen LogP contribution in [-0.4, -0.2) is 39.7 Å². The largest absolute Gasteiger partial charge is 0.336 e. The van der Waals surface area contributed by atoms with Crippen molar-refractivity contribution in [1.82, 2.24) is 9.80 Å². The highest BCUT2D eigenvalue weighted by Gasteiger charge is 2.66. The molecule has 28 heavy (non-hydrogen) atoms. The maximum absolute atomic E-state index is 13.3. The molecule has 3 atom stereocenters. The summed E-state index contributed by atoms with van der Waals surface area (Å²) in [5.74, 6) is 0.848. The van der Waals surface area contributed by atoms with Crippen LogP contribution in [0.25, 0.3) is 10.8 Å². The Morgan fingerprint density at radius 3 is 2.79 bits per heavy atom. The van der Waals surface area contributed by atoms with Crippen LogP contribution in [0.3, 0.4) is 0 Å². The van der Waals surface area contributed by atoms with Gasteiger partial charge in [0.15, 0.2) is 0 Å². The molecule has 0 N–H and O–H groups in total. The number of fused-ring (bicyclic) bond motifs is 2. The molecule has 3 aliphatic heterocycles. The summed E-state index contributed by atoms with van der Waals surface area (Å²) in [6.45, 7) is 5.52. The highest BCUT2D eigenvalue weighted by atomic mass is 16.2. The maximum atomic E-state index is 13.3. The number of rotatable bonds is 4. The van der Waals surface area contributed by atoms with Crippen molar-refractivity contribution >= 4 is 22.6 Å². The van der Waals surface area contributed by atoms with Crippen molar-refractivity contribution in [3.63, 3.8) is 0 Å². The minimum atomic E-state index is -0.252. The number of nitrogens with zero attached hydrogens (tertiary/aromatic N) is 2. The molecule has 1 spiro atoms. The zero-order valence-corrected chi connectivity index (χ0v) is 16.7. The van der Waals surface area contributed by atoms with Gasteiger partial charge in [-0.3, -0.25) is 9.59 Å². The van der Waals surface area contributed by atoms with E-state index in [1.165, 1.54) is 16.3 Å². The lowest BCUT2D eigenvalue weighted by atomic mass is 9.80. The van der Waals surface area contributed by atoms with Gasteiger partial charge in [0, 0.05) is 25.6 Å². The summed E-state index contributed by atoms with van der Waals surface area (Å²) >= 11 is 0. The normalized spacial score (nSPS) is 28.6. The summed E-state index contributed by atoms with van der Waals surface area (Å²) in [5, 5.41) is 2.42. The van der Waals surface area contributed by atoms with Crippen molar-refractivity contribution < 1.29 is 9.59 Å². The van der Waals surface area contributed by atoms with E-state index in [4.69, 9.17) is 0 Å². The van der Waals surface area contributed by atoms with Gasteiger partial charge in [0.25, 0.3) is 0 Å². The molecule has 0 radical (unpaired) electrons. The summed E-state index contributed by atoms with van der Waals surface area (Å²) in [6.07, 6.45) is 3.47. The summed E-state index contributed by atoms with van der Waals surface area (Å²) in [5.41, 5.74) is 0.940. The Morgan fingerprint density at radius 1 is 1.18 bits per heavy atom. The first-order valence-electron chi connectivity index (χ1n) is 10.6. The molecule has 0 aromatic heterocycles. The third kappa shape index (κ3) is 2.50. The fraction of sp³-hybridized carbons (Fsp3) is 0.500. The van der Waals surface area contributed by atoms with Crippen LogP contribution in [0.2, 0.25) is 0 Å². The summed E-state index contributed by atoms with van der Waals surface area (Å²) < 4.78 is 0. The molecule has 3 saturated heterocycles. The average molecular weight is 377 g/mol. The number of likely N-dealkylation sites (tertiary alicyclic amines) is 1. The quantitative estimate of drug-likeness (QED) is 0.810. The van der Waals surface area contributed by atoms with E-state index >= 15 is 0 Å². The summed E-state index contributed by atoms with van der Waals surface area (Å²) in [7, 11) is 0. The van der Waals surface area contributed by atoms with Crippen LogP contribution in [0.15, 0.2) is 42.5 Å². The lowest BCUT2D eigenvalue weighted by Crippen LogP contribution is -2.50. The van der Waals surface area contributed by atoms with Crippen LogP contribution in [0.1, 0.15) is 45.1 Å². The van der Waals surface area contributed by atoms with Crippen molar-refractivity contribution in [2.45, 2.75) is 57.7 Å². The molecule has 3 aliphatic rings. The van der Waals surface area contributed by atoms with Gasteiger partial charge in [0.2, 0.25) is 11.8 Å². The fourth-order valence-electron chi connectivity index (χ4n) is 5.98. The molecular formula is C24H28N2O2. The average Bonchev–Trinajstić information content (AvgIpc) is 3.27. The lowest BCUT2D eigenvalue weighted by molar-refractivity contribution is -0.136. The number of carbonyl (C=O) groups is 2. The van der Waals surface area contributed by atoms with Crippen molar-refractivity contribution in [3.05, 3.63) is 48.0 Å². The standard InChI is InChI=1S/C24H28N2O2/c1-16(2)12-22(27)26-19-10-11-24(26)15-25(23(28)21(24)13-19)14-18-8-5-7-17-6-3-4-9-20(17)18/h3-9,16,19,21H,10-15H2,1-2H3/t19-,21+,24-/m0/s1. The molecule has 0 unspecified atom stereocenters. The minimum Gasteiger partial charge on any atom is -0.336 e. The minimum absolute atomic E-state index is 0.00246. The molecular weight excluding hydrogens is 348 g/mol. The van der Waals surface area contributed by atoms with Crippen LogP contribution < -0.4 is 0 Å². The van der Waals surface area contributed by atoms with E-state index in [1.54, 1.807) is 0 Å². The van der Waals surface area contributed by atoms with Crippen LogP contribution in [0.5, 0.6) is 0 Å². The lowest BCUT2D eigenvalue weighted by Gasteiger charge is -2.34. The Bertz CT molecular complexity index is 947. The van der Waals surface area contributed by atoms with E-state index < -0.39 is 0 Å². The van der Waals surface area contributed by atoms with Crippen molar-refractivity contribution in [2.75, 3.05) is 6.54 Å². The summed E-state index contributed by atoms with van der Waals surface area (Å²) in [6, 6.07) is 14.9. The zero-order valence-electron chi connectivity index (χ0n) is 16.7. The first-order valence-corrected chi connectivity index (χ1v) is 10.6. The van der Waals surface area contributed by atoms with Gasteiger partial charge in [0.1, 0.15) is 0 Å². The van der Waals surface area contributed by atoms with E-state index in [0.717, 1.165) is 19.3 Å². The number of hydrogen-bond acceptors (Lipinski definition) is 2.